The van der Waals surface area contributed by atoms with Crippen molar-refractivity contribution in [3.8, 4) is 17.2 Å². The lowest BCUT2D eigenvalue weighted by molar-refractivity contribution is -0.143. The number of nitrogens with one attached hydrogen (secondary N) is 1. The molecule has 0 radical (unpaired) electrons. The zero-order valence-electron chi connectivity index (χ0n) is 30.5. The molecule has 0 saturated heterocycles. The van der Waals surface area contributed by atoms with Crippen LogP contribution in [0.3, 0.4) is 0 Å². The molecule has 3 aromatic rings. The van der Waals surface area contributed by atoms with Gasteiger partial charge in [0.25, 0.3) is 0 Å². The molecular weight excluding hydrogens is 680 g/mol. The average Bonchev–Trinajstić information content (AvgIpc) is 3.07. The van der Waals surface area contributed by atoms with E-state index in [9.17, 15) is 19.5 Å². The molecule has 0 heterocycles. The molecule has 3 N–H and O–H groups in total. The van der Waals surface area contributed by atoms with E-state index in [4.69, 9.17) is 40.4 Å². The topological polar surface area (TPSA) is 153 Å². The Labute approximate surface area is 305 Å². The summed E-state index contributed by atoms with van der Waals surface area (Å²) in [6.07, 6.45) is 0.175. The molecule has 3 rings (SSSR count). The van der Waals surface area contributed by atoms with Gasteiger partial charge in [-0.2, -0.15) is 0 Å². The number of aliphatic hydroxyl groups excluding tert-OH is 1. The van der Waals surface area contributed by atoms with Gasteiger partial charge in [0, 0.05) is 61.2 Å². The second-order valence-corrected chi connectivity index (χ2v) is 12.9. The number of aliphatic carboxylic acids is 1. The van der Waals surface area contributed by atoms with Gasteiger partial charge in [-0.05, 0) is 48.4 Å². The number of nitrogens with zero attached hydrogens (tertiary/aromatic N) is 1. The Kier molecular flexibility index (Phi) is 18.1. The molecule has 0 aliphatic heterocycles. The van der Waals surface area contributed by atoms with Crippen LogP contribution in [-0.2, 0) is 30.3 Å². The third-order valence-electron chi connectivity index (χ3n) is 7.35. The fraction of sp³-hybridized carbons (Fsp3) is 0.447. The number of halogens is 1. The lowest BCUT2D eigenvalue weighted by atomic mass is 9.92. The number of hydrogen-bond donors (Lipinski definition) is 3. The van der Waals surface area contributed by atoms with Crippen LogP contribution >= 0.6 is 11.6 Å². The summed E-state index contributed by atoms with van der Waals surface area (Å²) in [5.74, 6) is 0.623. The predicted molar refractivity (Wildman–Crippen MR) is 196 cm³/mol. The minimum Gasteiger partial charge on any atom is -0.494 e. The molecule has 12 nitrogen and oxygen atoms in total. The summed E-state index contributed by atoms with van der Waals surface area (Å²) in [7, 11) is 5.12. The van der Waals surface area contributed by atoms with Gasteiger partial charge >= 0.3 is 11.9 Å². The van der Waals surface area contributed by atoms with Crippen molar-refractivity contribution in [2.75, 3.05) is 65.7 Å². The van der Waals surface area contributed by atoms with E-state index in [1.54, 1.807) is 38.5 Å². The van der Waals surface area contributed by atoms with E-state index in [1.165, 1.54) is 13.8 Å². The molecule has 1 atom stereocenters. The fourth-order valence-electron chi connectivity index (χ4n) is 5.19. The van der Waals surface area contributed by atoms with Gasteiger partial charge in [-0.25, -0.2) is 0 Å². The number of esters is 1. The van der Waals surface area contributed by atoms with Crippen molar-refractivity contribution in [1.29, 1.82) is 0 Å². The third-order valence-corrected chi connectivity index (χ3v) is 7.58. The summed E-state index contributed by atoms with van der Waals surface area (Å²) in [5.41, 5.74) is 2.90. The van der Waals surface area contributed by atoms with Crippen LogP contribution in [0, 0.1) is 5.41 Å². The molecule has 0 aromatic heterocycles. The van der Waals surface area contributed by atoms with Crippen molar-refractivity contribution in [3.63, 3.8) is 0 Å². The maximum Gasteiger partial charge on any atom is 0.307 e. The molecule has 0 spiro atoms. The molecule has 280 valence electrons. The van der Waals surface area contributed by atoms with Crippen molar-refractivity contribution in [2.24, 2.45) is 5.41 Å². The van der Waals surface area contributed by atoms with E-state index in [2.05, 4.69) is 10.2 Å². The van der Waals surface area contributed by atoms with Gasteiger partial charge < -0.3 is 44.1 Å². The first-order chi connectivity index (χ1) is 24.2. The van der Waals surface area contributed by atoms with Gasteiger partial charge in [-0.3, -0.25) is 14.4 Å². The van der Waals surface area contributed by atoms with E-state index in [-0.39, 0.29) is 36.9 Å². The Balaban J connectivity index is 0.000000422. The van der Waals surface area contributed by atoms with Crippen LogP contribution in [-0.4, -0.2) is 88.8 Å². The lowest BCUT2D eigenvalue weighted by Crippen LogP contribution is -2.36. The first-order valence-corrected chi connectivity index (χ1v) is 16.8. The first kappa shape index (κ1) is 42.6. The standard InChI is InChI=1S/C25H34ClNO6.C13H17NO4/c1-17(29)33-16-25(2,3)15-27(4)21-11-10-18(26)14-20(21)23(32-13-12-28)19-8-7-9-22(30-5)24(19)31-6;1-10(15)14-7-2-8-18-12-5-3-11(4-6-12)9-13(16)17/h7-11,14,23,28H,12-13,15-16H2,1-6H3;3-6H,2,7-9H2,1H3,(H,14,15)(H,16,17). The molecule has 3 aromatic carbocycles. The number of ether oxygens (including phenoxy) is 5. The van der Waals surface area contributed by atoms with Crippen LogP contribution in [0.15, 0.2) is 60.7 Å². The average molecular weight is 731 g/mol. The van der Waals surface area contributed by atoms with Crippen molar-refractivity contribution >= 4 is 35.1 Å². The van der Waals surface area contributed by atoms with E-state index >= 15 is 0 Å². The highest BCUT2D eigenvalue weighted by Gasteiger charge is 2.28. The van der Waals surface area contributed by atoms with Crippen LogP contribution < -0.4 is 24.4 Å². The van der Waals surface area contributed by atoms with E-state index in [0.29, 0.717) is 48.6 Å². The largest absolute Gasteiger partial charge is 0.494 e. The first-order valence-electron chi connectivity index (χ1n) is 16.5. The predicted octanol–water partition coefficient (Wildman–Crippen LogP) is 5.70. The van der Waals surface area contributed by atoms with Crippen LogP contribution in [0.1, 0.15) is 56.9 Å². The number of para-hydroxylation sites is 1. The summed E-state index contributed by atoms with van der Waals surface area (Å²) in [5, 5.41) is 21.3. The number of carbonyl (C=O) groups excluding carboxylic acids is 2. The highest BCUT2D eigenvalue weighted by Crippen LogP contribution is 2.42. The van der Waals surface area contributed by atoms with Crippen molar-refractivity contribution in [1.82, 2.24) is 5.32 Å². The number of hydrogen-bond acceptors (Lipinski definition) is 10. The zero-order chi connectivity index (χ0) is 38.0. The Morgan fingerprint density at radius 3 is 2.25 bits per heavy atom. The lowest BCUT2D eigenvalue weighted by Gasteiger charge is -2.34. The number of aliphatic hydroxyl groups is 1. The van der Waals surface area contributed by atoms with Crippen LogP contribution in [0.2, 0.25) is 5.02 Å². The summed E-state index contributed by atoms with van der Waals surface area (Å²) in [6, 6.07) is 18.1. The number of anilines is 1. The fourth-order valence-corrected chi connectivity index (χ4v) is 5.37. The van der Waals surface area contributed by atoms with Crippen LogP contribution in [0.25, 0.3) is 0 Å². The molecule has 1 amide bonds. The minimum atomic E-state index is -0.848. The number of rotatable bonds is 19. The van der Waals surface area contributed by atoms with E-state index in [1.807, 2.05) is 57.3 Å². The molecule has 1 unspecified atom stereocenters. The Bertz CT molecular complexity index is 1550. The second-order valence-electron chi connectivity index (χ2n) is 12.5. The molecular formula is C38H51ClN2O10. The normalized spacial score (nSPS) is 11.4. The highest BCUT2D eigenvalue weighted by atomic mass is 35.5. The SMILES string of the molecule is CC(=O)NCCCOc1ccc(CC(=O)O)cc1.COc1cccc(C(OCCO)c2cc(Cl)ccc2N(C)CC(C)(C)COC(C)=O)c1OC. The minimum absolute atomic E-state index is 0.0167. The van der Waals surface area contributed by atoms with E-state index in [0.717, 1.165) is 28.8 Å². The molecule has 51 heavy (non-hydrogen) atoms. The van der Waals surface area contributed by atoms with Gasteiger partial charge in [0.15, 0.2) is 11.5 Å². The maximum absolute atomic E-state index is 11.3. The third kappa shape index (κ3) is 15.1. The monoisotopic (exact) mass is 730 g/mol. The smallest absolute Gasteiger partial charge is 0.307 e. The van der Waals surface area contributed by atoms with Crippen molar-refractivity contribution in [3.05, 3.63) is 82.4 Å². The molecule has 0 saturated carbocycles. The van der Waals surface area contributed by atoms with E-state index < -0.39 is 12.1 Å². The second kappa shape index (κ2) is 21.6. The number of amides is 1. The molecule has 0 fully saturated rings. The van der Waals surface area contributed by atoms with Crippen LogP contribution in [0.5, 0.6) is 17.2 Å². The summed E-state index contributed by atoms with van der Waals surface area (Å²) in [6.45, 7) is 8.94. The number of carboxylic acid groups (broad SMARTS) is 1. The molecule has 13 heteroatoms. The van der Waals surface area contributed by atoms with Gasteiger partial charge in [0.2, 0.25) is 5.91 Å². The summed E-state index contributed by atoms with van der Waals surface area (Å²) >= 11 is 6.40. The van der Waals surface area contributed by atoms with Gasteiger partial charge in [-0.1, -0.05) is 49.7 Å². The number of carboxylic acids is 1. The van der Waals surface area contributed by atoms with Gasteiger partial charge in [-0.15, -0.1) is 0 Å². The number of benzene rings is 3. The van der Waals surface area contributed by atoms with Gasteiger partial charge in [0.1, 0.15) is 11.9 Å². The summed E-state index contributed by atoms with van der Waals surface area (Å²) in [4.78, 5) is 34.5. The van der Waals surface area contributed by atoms with Crippen LogP contribution in [0.4, 0.5) is 5.69 Å². The van der Waals surface area contributed by atoms with Crippen molar-refractivity contribution in [2.45, 2.75) is 46.6 Å². The van der Waals surface area contributed by atoms with Crippen molar-refractivity contribution < 1.29 is 48.3 Å². The molecule has 0 aliphatic carbocycles. The Morgan fingerprint density at radius 1 is 0.961 bits per heavy atom. The number of carbonyl (C=O) groups is 3. The Morgan fingerprint density at radius 2 is 1.67 bits per heavy atom. The number of methoxy groups -OCH3 is 2. The highest BCUT2D eigenvalue weighted by molar-refractivity contribution is 6.30. The quantitative estimate of drug-likeness (QED) is 0.103. The molecule has 0 aliphatic rings. The summed E-state index contributed by atoms with van der Waals surface area (Å²) < 4.78 is 27.9. The maximum atomic E-state index is 11.3. The Hall–Kier alpha value is -4.52. The van der Waals surface area contributed by atoms with Gasteiger partial charge in [0.05, 0.1) is 47.1 Å². The molecule has 0 bridgehead atoms. The zero-order valence-corrected chi connectivity index (χ0v) is 31.2.